The number of ether oxygens (including phenoxy) is 1. The first-order chi connectivity index (χ1) is 14.1. The summed E-state index contributed by atoms with van der Waals surface area (Å²) in [5.74, 6) is -0.935. The Labute approximate surface area is 172 Å². The molecule has 4 rings (SSSR count). The molecule has 1 aromatic heterocycles. The molecule has 0 aliphatic carbocycles. The number of rotatable bonds is 5. The molecule has 0 spiro atoms. The minimum Gasteiger partial charge on any atom is -0.457 e. The Morgan fingerprint density at radius 2 is 1.66 bits per heavy atom. The van der Waals surface area contributed by atoms with E-state index in [1.54, 1.807) is 16.8 Å². The van der Waals surface area contributed by atoms with Gasteiger partial charge in [-0.25, -0.2) is 13.9 Å². The van der Waals surface area contributed by atoms with Gasteiger partial charge < -0.3 is 4.74 Å². The summed E-state index contributed by atoms with van der Waals surface area (Å²) in [4.78, 5) is 12.3. The van der Waals surface area contributed by atoms with Crippen molar-refractivity contribution >= 4 is 17.6 Å². The zero-order chi connectivity index (χ0) is 20.2. The maximum atomic E-state index is 13.1. The molecule has 0 amide bonds. The molecule has 6 heteroatoms. The normalized spacial score (nSPS) is 10.7. The topological polar surface area (TPSA) is 44.1 Å². The molecule has 3 aromatic carbocycles. The van der Waals surface area contributed by atoms with Gasteiger partial charge in [-0.3, -0.25) is 0 Å². The fourth-order valence-electron chi connectivity index (χ4n) is 2.89. The molecule has 29 heavy (non-hydrogen) atoms. The number of para-hydroxylation sites is 1. The summed E-state index contributed by atoms with van der Waals surface area (Å²) >= 11 is 6.00. The molecule has 0 saturated carbocycles. The van der Waals surface area contributed by atoms with Gasteiger partial charge in [-0.1, -0.05) is 41.9 Å². The van der Waals surface area contributed by atoms with E-state index in [0.29, 0.717) is 10.7 Å². The number of halogens is 2. The number of benzene rings is 3. The van der Waals surface area contributed by atoms with Crippen molar-refractivity contribution in [3.63, 3.8) is 0 Å². The monoisotopic (exact) mass is 406 g/mol. The highest BCUT2D eigenvalue weighted by molar-refractivity contribution is 6.30. The van der Waals surface area contributed by atoms with E-state index in [4.69, 9.17) is 16.3 Å². The van der Waals surface area contributed by atoms with Crippen LogP contribution in [0.1, 0.15) is 15.9 Å². The van der Waals surface area contributed by atoms with Crippen LogP contribution in [0, 0.1) is 5.82 Å². The lowest BCUT2D eigenvalue weighted by molar-refractivity contribution is 0.0473. The van der Waals surface area contributed by atoms with Crippen molar-refractivity contribution in [1.29, 1.82) is 0 Å². The number of hydrogen-bond acceptors (Lipinski definition) is 3. The Balaban J connectivity index is 1.63. The van der Waals surface area contributed by atoms with Crippen LogP contribution in [0.25, 0.3) is 16.9 Å². The van der Waals surface area contributed by atoms with Gasteiger partial charge in [0, 0.05) is 22.3 Å². The van der Waals surface area contributed by atoms with E-state index in [2.05, 4.69) is 5.10 Å². The second-order valence-electron chi connectivity index (χ2n) is 6.37. The smallest absolute Gasteiger partial charge is 0.338 e. The average Bonchev–Trinajstić information content (AvgIpc) is 3.18. The summed E-state index contributed by atoms with van der Waals surface area (Å²) in [6.45, 7) is 0.0288. The first-order valence-electron chi connectivity index (χ1n) is 8.93. The second-order valence-corrected chi connectivity index (χ2v) is 6.81. The van der Waals surface area contributed by atoms with Crippen molar-refractivity contribution in [3.8, 4) is 16.9 Å². The third-order valence-electron chi connectivity index (χ3n) is 4.37. The molecular formula is C23H16ClFN2O2. The zero-order valence-corrected chi connectivity index (χ0v) is 16.0. The van der Waals surface area contributed by atoms with Gasteiger partial charge in [0.2, 0.25) is 0 Å². The van der Waals surface area contributed by atoms with Crippen molar-refractivity contribution in [3.05, 3.63) is 107 Å². The summed E-state index contributed by atoms with van der Waals surface area (Å²) in [7, 11) is 0. The van der Waals surface area contributed by atoms with Crippen LogP contribution in [-0.4, -0.2) is 15.7 Å². The molecule has 0 unspecified atom stereocenters. The third-order valence-corrected chi connectivity index (χ3v) is 4.62. The summed E-state index contributed by atoms with van der Waals surface area (Å²) < 4.78 is 20.3. The number of carbonyl (C=O) groups is 1. The first-order valence-corrected chi connectivity index (χ1v) is 9.30. The van der Waals surface area contributed by atoms with E-state index in [1.165, 1.54) is 24.3 Å². The van der Waals surface area contributed by atoms with Gasteiger partial charge in [-0.15, -0.1) is 0 Å². The van der Waals surface area contributed by atoms with Crippen molar-refractivity contribution < 1.29 is 13.9 Å². The predicted molar refractivity (Wildman–Crippen MR) is 110 cm³/mol. The summed E-state index contributed by atoms with van der Waals surface area (Å²) in [5.41, 5.74) is 3.47. The van der Waals surface area contributed by atoms with Crippen LogP contribution in [0.4, 0.5) is 4.39 Å². The van der Waals surface area contributed by atoms with Gasteiger partial charge in [-0.05, 0) is 48.5 Å². The van der Waals surface area contributed by atoms with Gasteiger partial charge in [0.1, 0.15) is 12.4 Å². The predicted octanol–water partition coefficient (Wildman–Crippen LogP) is 5.69. The Bertz CT molecular complexity index is 1120. The highest BCUT2D eigenvalue weighted by atomic mass is 35.5. The highest BCUT2D eigenvalue weighted by Crippen LogP contribution is 2.26. The van der Waals surface area contributed by atoms with Crippen LogP contribution in [0.5, 0.6) is 0 Å². The van der Waals surface area contributed by atoms with Gasteiger partial charge in [0.05, 0.1) is 16.9 Å². The Hall–Kier alpha value is -3.44. The Morgan fingerprint density at radius 1 is 0.966 bits per heavy atom. The molecule has 4 aromatic rings. The van der Waals surface area contributed by atoms with E-state index >= 15 is 0 Å². The van der Waals surface area contributed by atoms with Crippen molar-refractivity contribution in [2.45, 2.75) is 6.61 Å². The van der Waals surface area contributed by atoms with Crippen molar-refractivity contribution in [2.24, 2.45) is 0 Å². The standard InChI is InChI=1S/C23H16ClFN2O2/c24-19-10-6-16(7-11-19)22-18(14-27(26-22)21-4-2-1-3-5-21)15-29-23(28)17-8-12-20(25)13-9-17/h1-14H,15H2. The van der Waals surface area contributed by atoms with Gasteiger partial charge in [-0.2, -0.15) is 5.10 Å². The van der Waals surface area contributed by atoms with E-state index in [0.717, 1.165) is 16.8 Å². The maximum absolute atomic E-state index is 13.1. The van der Waals surface area contributed by atoms with Gasteiger partial charge in [0.25, 0.3) is 0 Å². The fraction of sp³-hybridized carbons (Fsp3) is 0.0435. The van der Waals surface area contributed by atoms with Crippen molar-refractivity contribution in [2.75, 3.05) is 0 Å². The summed E-state index contributed by atoms with van der Waals surface area (Å²) in [5, 5.41) is 5.30. The lowest BCUT2D eigenvalue weighted by Crippen LogP contribution is -2.05. The van der Waals surface area contributed by atoms with E-state index in [1.807, 2.05) is 48.7 Å². The van der Waals surface area contributed by atoms with Gasteiger partial charge in [0.15, 0.2) is 0 Å². The molecule has 0 aliphatic rings. The number of aromatic nitrogens is 2. The molecule has 4 nitrogen and oxygen atoms in total. The Morgan fingerprint density at radius 3 is 2.34 bits per heavy atom. The molecule has 0 radical (unpaired) electrons. The zero-order valence-electron chi connectivity index (χ0n) is 15.3. The highest BCUT2D eigenvalue weighted by Gasteiger charge is 2.15. The van der Waals surface area contributed by atoms with E-state index in [9.17, 15) is 9.18 Å². The first kappa shape index (κ1) is 18.9. The van der Waals surface area contributed by atoms with E-state index in [-0.39, 0.29) is 12.2 Å². The number of esters is 1. The number of nitrogens with zero attached hydrogens (tertiary/aromatic N) is 2. The molecule has 0 atom stereocenters. The summed E-state index contributed by atoms with van der Waals surface area (Å²) in [6, 6.07) is 22.2. The minimum absolute atomic E-state index is 0.0288. The molecule has 0 N–H and O–H groups in total. The van der Waals surface area contributed by atoms with Gasteiger partial charge >= 0.3 is 5.97 Å². The lowest BCUT2D eigenvalue weighted by Gasteiger charge is -2.05. The molecule has 144 valence electrons. The molecule has 1 heterocycles. The SMILES string of the molecule is O=C(OCc1cn(-c2ccccc2)nc1-c1ccc(Cl)cc1)c1ccc(F)cc1. The molecule has 0 fully saturated rings. The van der Waals surface area contributed by atoms with Crippen LogP contribution >= 0.6 is 11.6 Å². The van der Waals surface area contributed by atoms with Crippen LogP contribution in [0.3, 0.4) is 0 Å². The molecule has 0 saturated heterocycles. The molecule has 0 aliphatic heterocycles. The third kappa shape index (κ3) is 4.36. The Kier molecular flexibility index (Phi) is 5.40. The maximum Gasteiger partial charge on any atom is 0.338 e. The van der Waals surface area contributed by atoms with Crippen LogP contribution in [-0.2, 0) is 11.3 Å². The summed E-state index contributed by atoms with van der Waals surface area (Å²) in [6.07, 6.45) is 1.83. The van der Waals surface area contributed by atoms with Crippen molar-refractivity contribution in [1.82, 2.24) is 9.78 Å². The second kappa shape index (κ2) is 8.29. The van der Waals surface area contributed by atoms with Crippen LogP contribution in [0.15, 0.2) is 85.1 Å². The lowest BCUT2D eigenvalue weighted by atomic mass is 10.1. The van der Waals surface area contributed by atoms with Crippen LogP contribution in [0.2, 0.25) is 5.02 Å². The number of hydrogen-bond donors (Lipinski definition) is 0. The minimum atomic E-state index is -0.528. The quantitative estimate of drug-likeness (QED) is 0.400. The largest absolute Gasteiger partial charge is 0.457 e. The fourth-order valence-corrected chi connectivity index (χ4v) is 3.02. The molecular weight excluding hydrogens is 391 g/mol. The molecule has 0 bridgehead atoms. The average molecular weight is 407 g/mol. The van der Waals surface area contributed by atoms with Crippen LogP contribution < -0.4 is 0 Å². The van der Waals surface area contributed by atoms with E-state index < -0.39 is 11.8 Å². The number of carbonyl (C=O) groups excluding carboxylic acids is 1.